The largest absolute Gasteiger partial charge is 0.462 e. The van der Waals surface area contributed by atoms with Gasteiger partial charge in [0.2, 0.25) is 0 Å². The summed E-state index contributed by atoms with van der Waals surface area (Å²) in [6.45, 7) is 19.9. The van der Waals surface area contributed by atoms with Gasteiger partial charge in [-0.2, -0.15) is 0 Å². The van der Waals surface area contributed by atoms with Crippen molar-refractivity contribution in [2.45, 2.75) is 115 Å². The molecule has 5 atom stereocenters. The third-order valence-corrected chi connectivity index (χ3v) is 22.7. The second-order valence-corrected chi connectivity index (χ2v) is 28.0. The molecule has 1 aliphatic heterocycles. The lowest BCUT2D eigenvalue weighted by Crippen LogP contribution is -2.67. The first-order chi connectivity index (χ1) is 27.6. The molecule has 6 nitrogen and oxygen atoms in total. The average Bonchev–Trinajstić information content (AvgIpc) is 3.50. The summed E-state index contributed by atoms with van der Waals surface area (Å²) in [6, 6.07) is 37.6. The SMILES string of the molecule is CC(C)(C)[Si](C)(C)OC[C@]1(c2ccc(F)cc2)C[C@H](OC2CCCCO2)[C@@H](CO[Si](c2ccccc2)(c2ccccc2)C(C)(C)C)[C@@H]1CCOC(=O)c1ccccc1. The quantitative estimate of drug-likeness (QED) is 0.0879. The van der Waals surface area contributed by atoms with Gasteiger partial charge in [-0.15, -0.1) is 0 Å². The zero-order valence-electron chi connectivity index (χ0n) is 36.0. The van der Waals surface area contributed by atoms with E-state index in [-0.39, 0.29) is 52.7 Å². The average molecular weight is 825 g/mol. The Hall–Kier alpha value is -3.45. The molecule has 4 aromatic carbocycles. The van der Waals surface area contributed by atoms with Crippen LogP contribution in [0.25, 0.3) is 0 Å². The Labute approximate surface area is 349 Å². The first-order valence-electron chi connectivity index (χ1n) is 21.2. The van der Waals surface area contributed by atoms with Crippen molar-refractivity contribution in [1.82, 2.24) is 0 Å². The predicted molar refractivity (Wildman–Crippen MR) is 236 cm³/mol. The maximum absolute atomic E-state index is 14.8. The van der Waals surface area contributed by atoms with E-state index in [1.807, 2.05) is 30.3 Å². The Morgan fingerprint density at radius 3 is 1.90 bits per heavy atom. The highest BCUT2D eigenvalue weighted by Crippen LogP contribution is 2.54. The lowest BCUT2D eigenvalue weighted by atomic mass is 9.69. The highest BCUT2D eigenvalue weighted by atomic mass is 28.4. The minimum Gasteiger partial charge on any atom is -0.462 e. The summed E-state index contributed by atoms with van der Waals surface area (Å²) < 4.78 is 49.3. The first kappa shape index (κ1) is 44.1. The predicted octanol–water partition coefficient (Wildman–Crippen LogP) is 10.5. The molecule has 1 unspecified atom stereocenters. The summed E-state index contributed by atoms with van der Waals surface area (Å²) in [5.41, 5.74) is 0.904. The second-order valence-electron chi connectivity index (χ2n) is 18.9. The lowest BCUT2D eigenvalue weighted by molar-refractivity contribution is -0.197. The van der Waals surface area contributed by atoms with E-state index in [0.717, 1.165) is 24.8 Å². The highest BCUT2D eigenvalue weighted by molar-refractivity contribution is 6.99. The number of halogens is 1. The van der Waals surface area contributed by atoms with Crippen LogP contribution in [0, 0.1) is 17.7 Å². The third-order valence-electron chi connectivity index (χ3n) is 13.2. The molecule has 4 aromatic rings. The van der Waals surface area contributed by atoms with Gasteiger partial charge < -0.3 is 23.1 Å². The van der Waals surface area contributed by atoms with E-state index in [4.69, 9.17) is 23.1 Å². The monoisotopic (exact) mass is 824 g/mol. The van der Waals surface area contributed by atoms with Crippen LogP contribution in [-0.2, 0) is 28.5 Å². The number of carbonyl (C=O) groups is 1. The van der Waals surface area contributed by atoms with Crippen molar-refractivity contribution in [3.05, 3.63) is 132 Å². The van der Waals surface area contributed by atoms with E-state index < -0.39 is 22.0 Å². The Bertz CT molecular complexity index is 1850. The number of rotatable bonds is 15. The van der Waals surface area contributed by atoms with Crippen molar-refractivity contribution < 1.29 is 32.2 Å². The Morgan fingerprint density at radius 1 is 0.776 bits per heavy atom. The topological polar surface area (TPSA) is 63.2 Å². The molecule has 58 heavy (non-hydrogen) atoms. The van der Waals surface area contributed by atoms with Gasteiger partial charge in [0.25, 0.3) is 8.32 Å². The van der Waals surface area contributed by atoms with Crippen molar-refractivity contribution in [2.75, 3.05) is 26.4 Å². The summed E-state index contributed by atoms with van der Waals surface area (Å²) in [4.78, 5) is 13.4. The van der Waals surface area contributed by atoms with Crippen LogP contribution in [0.5, 0.6) is 0 Å². The number of hydrogen-bond donors (Lipinski definition) is 0. The van der Waals surface area contributed by atoms with Crippen LogP contribution < -0.4 is 10.4 Å². The smallest absolute Gasteiger partial charge is 0.338 e. The van der Waals surface area contributed by atoms with Crippen LogP contribution in [0.4, 0.5) is 4.39 Å². The Balaban J connectivity index is 1.48. The summed E-state index contributed by atoms with van der Waals surface area (Å²) in [6.07, 6.45) is 3.43. The number of hydrogen-bond acceptors (Lipinski definition) is 6. The molecule has 9 heteroatoms. The summed E-state index contributed by atoms with van der Waals surface area (Å²) >= 11 is 0. The summed E-state index contributed by atoms with van der Waals surface area (Å²) in [5, 5.41) is 2.14. The van der Waals surface area contributed by atoms with Crippen molar-refractivity contribution in [3.8, 4) is 0 Å². The third kappa shape index (κ3) is 9.61. The molecule has 1 saturated carbocycles. The number of ether oxygens (including phenoxy) is 3. The summed E-state index contributed by atoms with van der Waals surface area (Å²) in [5.74, 6) is -0.911. The fourth-order valence-corrected chi connectivity index (χ4v) is 14.7. The molecule has 0 bridgehead atoms. The normalized spacial score (nSPS) is 23.1. The highest BCUT2D eigenvalue weighted by Gasteiger charge is 2.58. The van der Waals surface area contributed by atoms with Gasteiger partial charge in [0, 0.05) is 31.2 Å². The van der Waals surface area contributed by atoms with Gasteiger partial charge in [-0.25, -0.2) is 9.18 Å². The Morgan fingerprint density at radius 2 is 1.36 bits per heavy atom. The molecular weight excluding hydrogens is 760 g/mol. The fourth-order valence-electron chi connectivity index (χ4n) is 9.01. The molecule has 0 aromatic heterocycles. The number of carbonyl (C=O) groups excluding carboxylic acids is 1. The van der Waals surface area contributed by atoms with Gasteiger partial charge in [-0.1, -0.05) is 133 Å². The van der Waals surface area contributed by atoms with E-state index in [2.05, 4.69) is 115 Å². The van der Waals surface area contributed by atoms with Crippen LogP contribution >= 0.6 is 0 Å². The standard InChI is InChI=1S/C49H65FO6Si2/c1-47(2,3)57(7,8)55-36-49(38-27-29-39(50)30-28-38)34-44(56-45-26-18-19-32-52-45)42(43(49)31-33-53-46(51)37-20-12-9-13-21-37)35-54-58(48(4,5)6,40-22-14-10-15-23-40)41-24-16-11-17-25-41/h9-17,20-25,27-30,42-45H,18-19,26,31-36H2,1-8H3/t42-,43-,44-,45?,49-/m0/s1. The van der Waals surface area contributed by atoms with Gasteiger partial charge in [0.15, 0.2) is 14.6 Å². The van der Waals surface area contributed by atoms with Crippen molar-refractivity contribution in [3.63, 3.8) is 0 Å². The van der Waals surface area contributed by atoms with Crippen LogP contribution in [0.15, 0.2) is 115 Å². The van der Waals surface area contributed by atoms with Crippen LogP contribution in [0.3, 0.4) is 0 Å². The molecule has 1 aliphatic carbocycles. The molecule has 0 N–H and O–H groups in total. The maximum atomic E-state index is 14.8. The van der Waals surface area contributed by atoms with Gasteiger partial charge in [-0.05, 0) is 101 Å². The molecule has 0 amide bonds. The fraction of sp³-hybridized carbons (Fsp3) is 0.490. The lowest BCUT2D eigenvalue weighted by Gasteiger charge is -2.45. The van der Waals surface area contributed by atoms with Crippen molar-refractivity contribution >= 4 is 33.0 Å². The van der Waals surface area contributed by atoms with Crippen LogP contribution in [0.1, 0.15) is 89.6 Å². The first-order valence-corrected chi connectivity index (χ1v) is 26.0. The second kappa shape index (κ2) is 18.4. The molecule has 0 radical (unpaired) electrons. The van der Waals surface area contributed by atoms with Crippen molar-refractivity contribution in [2.24, 2.45) is 11.8 Å². The van der Waals surface area contributed by atoms with Gasteiger partial charge in [-0.3, -0.25) is 0 Å². The zero-order chi connectivity index (χ0) is 41.6. The molecule has 2 aliphatic rings. The van der Waals surface area contributed by atoms with Gasteiger partial charge >= 0.3 is 5.97 Å². The molecular formula is C49H65FO6Si2. The van der Waals surface area contributed by atoms with E-state index in [9.17, 15) is 9.18 Å². The van der Waals surface area contributed by atoms with Gasteiger partial charge in [0.05, 0.1) is 18.3 Å². The van der Waals surface area contributed by atoms with E-state index in [1.165, 1.54) is 10.4 Å². The molecule has 2 fully saturated rings. The van der Waals surface area contributed by atoms with E-state index >= 15 is 0 Å². The Kier molecular flexibility index (Phi) is 14.0. The van der Waals surface area contributed by atoms with Crippen molar-refractivity contribution in [1.29, 1.82) is 0 Å². The zero-order valence-corrected chi connectivity index (χ0v) is 38.0. The van der Waals surface area contributed by atoms with Crippen LogP contribution in [0.2, 0.25) is 23.2 Å². The summed E-state index contributed by atoms with van der Waals surface area (Å²) in [7, 11) is -5.26. The molecule has 1 heterocycles. The van der Waals surface area contributed by atoms with Crippen LogP contribution in [-0.4, -0.2) is 61.4 Å². The minimum atomic E-state index is -2.97. The van der Waals surface area contributed by atoms with E-state index in [0.29, 0.717) is 38.2 Å². The maximum Gasteiger partial charge on any atom is 0.338 e. The number of esters is 1. The molecule has 312 valence electrons. The molecule has 1 saturated heterocycles. The minimum absolute atomic E-state index is 0.0338. The van der Waals surface area contributed by atoms with E-state index in [1.54, 1.807) is 24.3 Å². The molecule has 6 rings (SSSR count). The van der Waals surface area contributed by atoms with Gasteiger partial charge in [0.1, 0.15) is 5.82 Å². The molecule has 0 spiro atoms. The number of benzene rings is 4.